The lowest BCUT2D eigenvalue weighted by Gasteiger charge is -2.51. The highest BCUT2D eigenvalue weighted by atomic mass is 16.3. The van der Waals surface area contributed by atoms with Crippen molar-refractivity contribution >= 4 is 0 Å². The molecule has 3 unspecified atom stereocenters. The molecule has 0 heterocycles. The van der Waals surface area contributed by atoms with Gasteiger partial charge in [-0.2, -0.15) is 0 Å². The van der Waals surface area contributed by atoms with Gasteiger partial charge in [0.25, 0.3) is 0 Å². The number of rotatable bonds is 3. The van der Waals surface area contributed by atoms with Crippen molar-refractivity contribution in [2.75, 3.05) is 14.1 Å². The highest BCUT2D eigenvalue weighted by Gasteiger charge is 2.69. The van der Waals surface area contributed by atoms with E-state index in [1.54, 1.807) is 0 Å². The maximum absolute atomic E-state index is 11.9. The molecule has 1 aromatic rings. The van der Waals surface area contributed by atoms with Gasteiger partial charge in [-0.3, -0.25) is 0 Å². The number of nitrogens with zero attached hydrogens (tertiary/aromatic N) is 1. The summed E-state index contributed by atoms with van der Waals surface area (Å²) >= 11 is 0. The molecule has 0 radical (unpaired) electrons. The van der Waals surface area contributed by atoms with Crippen LogP contribution in [0.2, 0.25) is 0 Å². The van der Waals surface area contributed by atoms with Crippen LogP contribution in [0.25, 0.3) is 0 Å². The highest BCUT2D eigenvalue weighted by molar-refractivity contribution is 5.39. The molecule has 2 heteroatoms. The average molecular weight is 287 g/mol. The van der Waals surface area contributed by atoms with Crippen molar-refractivity contribution in [3.8, 4) is 0 Å². The summed E-state index contributed by atoms with van der Waals surface area (Å²) in [5.41, 5.74) is 1.68. The average Bonchev–Trinajstić information content (AvgIpc) is 2.87. The maximum atomic E-state index is 11.9. The number of aliphatic hydroxyl groups is 1. The molecule has 1 N–H and O–H groups in total. The molecule has 1 aromatic carbocycles. The van der Waals surface area contributed by atoms with E-state index in [1.807, 2.05) is 0 Å². The predicted molar refractivity (Wildman–Crippen MR) is 87.0 cm³/mol. The molecule has 2 fully saturated rings. The van der Waals surface area contributed by atoms with Crippen molar-refractivity contribution in [2.24, 2.45) is 16.7 Å². The summed E-state index contributed by atoms with van der Waals surface area (Å²) in [5.74, 6) is 0.639. The zero-order valence-electron chi connectivity index (χ0n) is 14.1. The Bertz CT molecular complexity index is 543. The first-order valence-corrected chi connectivity index (χ1v) is 8.18. The topological polar surface area (TPSA) is 23.5 Å². The van der Waals surface area contributed by atoms with Gasteiger partial charge in [0.15, 0.2) is 0 Å². The SMILES string of the molecule is CN(C)Cc1ccccc1C1(O)C2(C)CCC(C2)C1(C)C. The summed E-state index contributed by atoms with van der Waals surface area (Å²) in [7, 11) is 4.18. The molecule has 0 amide bonds. The standard InChI is InChI=1S/C19H29NO/c1-17(2)15-10-11-18(3,12-15)19(17,21)16-9-7-6-8-14(16)13-20(4)5/h6-9,15,21H,10-13H2,1-5H3. The predicted octanol–water partition coefficient (Wildman–Crippen LogP) is 3.78. The number of hydrogen-bond acceptors (Lipinski definition) is 2. The molecule has 0 saturated heterocycles. The highest BCUT2D eigenvalue weighted by Crippen LogP contribution is 2.72. The molecule has 3 atom stereocenters. The summed E-state index contributed by atoms with van der Waals surface area (Å²) in [5, 5.41) is 11.9. The van der Waals surface area contributed by atoms with Crippen LogP contribution >= 0.6 is 0 Å². The summed E-state index contributed by atoms with van der Waals surface area (Å²) in [6.45, 7) is 7.73. The van der Waals surface area contributed by atoms with E-state index < -0.39 is 5.60 Å². The lowest BCUT2D eigenvalue weighted by molar-refractivity contribution is -0.151. The van der Waals surface area contributed by atoms with E-state index in [0.717, 1.165) is 24.9 Å². The first-order chi connectivity index (χ1) is 9.72. The largest absolute Gasteiger partial charge is 0.384 e. The van der Waals surface area contributed by atoms with Crippen LogP contribution in [0.1, 0.15) is 51.2 Å². The Hall–Kier alpha value is -0.860. The van der Waals surface area contributed by atoms with Crippen LogP contribution in [0.5, 0.6) is 0 Å². The van der Waals surface area contributed by atoms with Gasteiger partial charge in [-0.1, -0.05) is 45.0 Å². The number of benzene rings is 1. The molecular formula is C19H29NO. The summed E-state index contributed by atoms with van der Waals surface area (Å²) in [6.07, 6.45) is 3.57. The van der Waals surface area contributed by atoms with Crippen molar-refractivity contribution in [3.05, 3.63) is 35.4 Å². The van der Waals surface area contributed by atoms with Gasteiger partial charge in [-0.05, 0) is 50.4 Å². The third-order valence-electron chi connectivity index (χ3n) is 6.46. The lowest BCUT2D eigenvalue weighted by atomic mass is 9.57. The van der Waals surface area contributed by atoms with E-state index in [1.165, 1.54) is 12.0 Å². The summed E-state index contributed by atoms with van der Waals surface area (Å²) < 4.78 is 0. The molecule has 21 heavy (non-hydrogen) atoms. The molecule has 116 valence electrons. The molecular weight excluding hydrogens is 258 g/mol. The van der Waals surface area contributed by atoms with Gasteiger partial charge in [0.05, 0.1) is 0 Å². The van der Waals surface area contributed by atoms with Crippen molar-refractivity contribution in [1.82, 2.24) is 4.90 Å². The first kappa shape index (κ1) is 15.1. The van der Waals surface area contributed by atoms with Crippen LogP contribution < -0.4 is 0 Å². The quantitative estimate of drug-likeness (QED) is 0.914. The van der Waals surface area contributed by atoms with Gasteiger partial charge in [0.1, 0.15) is 5.60 Å². The van der Waals surface area contributed by atoms with E-state index in [0.29, 0.717) is 5.92 Å². The van der Waals surface area contributed by atoms with Gasteiger partial charge >= 0.3 is 0 Å². The van der Waals surface area contributed by atoms with Crippen LogP contribution in [-0.2, 0) is 12.1 Å². The molecule has 3 rings (SSSR count). The smallest absolute Gasteiger partial charge is 0.101 e. The van der Waals surface area contributed by atoms with Crippen LogP contribution in [-0.4, -0.2) is 24.1 Å². The molecule has 2 aliphatic rings. The molecule has 2 aliphatic carbocycles. The summed E-state index contributed by atoms with van der Waals surface area (Å²) in [6, 6.07) is 8.51. The van der Waals surface area contributed by atoms with Crippen LogP contribution in [0.4, 0.5) is 0 Å². The van der Waals surface area contributed by atoms with Gasteiger partial charge in [0, 0.05) is 17.4 Å². The summed E-state index contributed by atoms with van der Waals surface area (Å²) in [4.78, 5) is 2.19. The molecule has 2 nitrogen and oxygen atoms in total. The van der Waals surface area contributed by atoms with Gasteiger partial charge < -0.3 is 10.0 Å². The Morgan fingerprint density at radius 1 is 1.19 bits per heavy atom. The van der Waals surface area contributed by atoms with Crippen LogP contribution in [0, 0.1) is 16.7 Å². The Morgan fingerprint density at radius 2 is 1.86 bits per heavy atom. The molecule has 0 aliphatic heterocycles. The first-order valence-electron chi connectivity index (χ1n) is 8.18. The molecule has 0 aromatic heterocycles. The van der Waals surface area contributed by atoms with Crippen molar-refractivity contribution < 1.29 is 5.11 Å². The third-order valence-corrected chi connectivity index (χ3v) is 6.46. The monoisotopic (exact) mass is 287 g/mol. The van der Waals surface area contributed by atoms with Crippen molar-refractivity contribution in [1.29, 1.82) is 0 Å². The second-order valence-electron chi connectivity index (χ2n) is 8.33. The van der Waals surface area contributed by atoms with E-state index in [9.17, 15) is 5.11 Å². The maximum Gasteiger partial charge on any atom is 0.101 e. The van der Waals surface area contributed by atoms with Gasteiger partial charge in [0.2, 0.25) is 0 Å². The minimum absolute atomic E-state index is 0.0174. The number of fused-ring (bicyclic) bond motifs is 2. The fourth-order valence-electron chi connectivity index (χ4n) is 5.28. The van der Waals surface area contributed by atoms with Crippen LogP contribution in [0.3, 0.4) is 0 Å². The molecule has 2 saturated carbocycles. The second kappa shape index (κ2) is 4.57. The lowest BCUT2D eigenvalue weighted by Crippen LogP contribution is -2.52. The Morgan fingerprint density at radius 3 is 2.43 bits per heavy atom. The zero-order valence-corrected chi connectivity index (χ0v) is 14.1. The normalized spacial score (nSPS) is 37.4. The minimum Gasteiger partial charge on any atom is -0.384 e. The third kappa shape index (κ3) is 1.85. The fourth-order valence-corrected chi connectivity index (χ4v) is 5.28. The van der Waals surface area contributed by atoms with E-state index in [2.05, 4.69) is 64.0 Å². The fraction of sp³-hybridized carbons (Fsp3) is 0.684. The van der Waals surface area contributed by atoms with E-state index >= 15 is 0 Å². The van der Waals surface area contributed by atoms with E-state index in [-0.39, 0.29) is 10.8 Å². The van der Waals surface area contributed by atoms with Gasteiger partial charge in [-0.25, -0.2) is 0 Å². The molecule has 0 spiro atoms. The van der Waals surface area contributed by atoms with Crippen LogP contribution in [0.15, 0.2) is 24.3 Å². The second-order valence-corrected chi connectivity index (χ2v) is 8.33. The van der Waals surface area contributed by atoms with Crippen molar-refractivity contribution in [2.45, 2.75) is 52.2 Å². The Labute approximate surface area is 129 Å². The zero-order chi connectivity index (χ0) is 15.5. The molecule has 2 bridgehead atoms. The Kier molecular flexibility index (Phi) is 3.27. The Balaban J connectivity index is 2.15. The minimum atomic E-state index is -0.713. The van der Waals surface area contributed by atoms with E-state index in [4.69, 9.17) is 0 Å². The van der Waals surface area contributed by atoms with Gasteiger partial charge in [-0.15, -0.1) is 0 Å². The number of hydrogen-bond donors (Lipinski definition) is 1. The van der Waals surface area contributed by atoms with Crippen molar-refractivity contribution in [3.63, 3.8) is 0 Å².